The van der Waals surface area contributed by atoms with Crippen LogP contribution in [0.4, 0.5) is 0 Å². The largest absolute Gasteiger partial charge is 0.506 e. The molecule has 0 saturated carbocycles. The van der Waals surface area contributed by atoms with Gasteiger partial charge in [-0.25, -0.2) is 0 Å². The van der Waals surface area contributed by atoms with Crippen molar-refractivity contribution in [2.75, 3.05) is 28.4 Å². The molecule has 2 N–H and O–H groups in total. The van der Waals surface area contributed by atoms with Gasteiger partial charge in [0, 0.05) is 24.3 Å². The molecule has 0 unspecified atom stereocenters. The molecular formula is C24H18O10. The van der Waals surface area contributed by atoms with Gasteiger partial charge in [-0.15, -0.1) is 0 Å². The molecule has 0 aliphatic carbocycles. The number of fused-ring (bicyclic) bond motifs is 4. The van der Waals surface area contributed by atoms with Gasteiger partial charge in [-0.2, -0.15) is 0 Å². The second-order valence-corrected chi connectivity index (χ2v) is 7.37. The minimum absolute atomic E-state index is 0.00246. The fourth-order valence-electron chi connectivity index (χ4n) is 4.07. The molecule has 0 bridgehead atoms. The predicted molar refractivity (Wildman–Crippen MR) is 123 cm³/mol. The van der Waals surface area contributed by atoms with Crippen LogP contribution in [0.3, 0.4) is 0 Å². The van der Waals surface area contributed by atoms with E-state index in [1.165, 1.54) is 52.7 Å². The van der Waals surface area contributed by atoms with Crippen LogP contribution in [0.2, 0.25) is 0 Å². The number of ether oxygens (including phenoxy) is 4. The van der Waals surface area contributed by atoms with Gasteiger partial charge in [-0.05, 0) is 0 Å². The number of hydrogen-bond acceptors (Lipinski definition) is 10. The Balaban J connectivity index is 2.05. The van der Waals surface area contributed by atoms with Crippen LogP contribution in [-0.2, 0) is 0 Å². The summed E-state index contributed by atoms with van der Waals surface area (Å²) in [6.07, 6.45) is 0. The Labute approximate surface area is 190 Å². The number of phenols is 2. The summed E-state index contributed by atoms with van der Waals surface area (Å²) in [7, 11) is 5.57. The molecule has 174 valence electrons. The van der Waals surface area contributed by atoms with Gasteiger partial charge in [0.2, 0.25) is 16.6 Å². The summed E-state index contributed by atoms with van der Waals surface area (Å²) in [6.45, 7) is 0. The van der Waals surface area contributed by atoms with E-state index in [9.17, 15) is 19.8 Å². The minimum Gasteiger partial charge on any atom is -0.506 e. The second kappa shape index (κ2) is 7.48. The molecule has 5 aromatic rings. The lowest BCUT2D eigenvalue weighted by atomic mass is 10.0. The molecule has 0 saturated heterocycles. The Morgan fingerprint density at radius 1 is 0.588 bits per heavy atom. The van der Waals surface area contributed by atoms with Crippen LogP contribution in [0.15, 0.2) is 42.7 Å². The Kier molecular flexibility index (Phi) is 4.67. The average Bonchev–Trinajstić information content (AvgIpc) is 2.85. The monoisotopic (exact) mass is 466 g/mol. The average molecular weight is 466 g/mol. The Bertz CT molecular complexity index is 1630. The molecule has 5 rings (SSSR count). The number of aromatic hydroxyl groups is 2. The van der Waals surface area contributed by atoms with E-state index in [1.807, 2.05) is 0 Å². The normalized spacial score (nSPS) is 11.4. The molecule has 0 aliphatic heterocycles. The van der Waals surface area contributed by atoms with Crippen molar-refractivity contribution >= 4 is 43.9 Å². The zero-order valence-corrected chi connectivity index (χ0v) is 18.5. The highest BCUT2D eigenvalue weighted by Crippen LogP contribution is 2.43. The molecule has 0 spiro atoms. The Morgan fingerprint density at radius 3 is 1.35 bits per heavy atom. The first kappa shape index (κ1) is 21.3. The van der Waals surface area contributed by atoms with Crippen LogP contribution in [0, 0.1) is 0 Å². The highest BCUT2D eigenvalue weighted by molar-refractivity contribution is 6.11. The van der Waals surface area contributed by atoms with Crippen molar-refractivity contribution in [3.63, 3.8) is 0 Å². The lowest BCUT2D eigenvalue weighted by molar-refractivity contribution is 0.396. The maximum absolute atomic E-state index is 13.4. The van der Waals surface area contributed by atoms with Crippen molar-refractivity contribution in [3.8, 4) is 34.5 Å². The molecule has 0 radical (unpaired) electrons. The first-order valence-corrected chi connectivity index (χ1v) is 9.93. The number of methoxy groups -OCH3 is 4. The first-order valence-electron chi connectivity index (χ1n) is 9.93. The van der Waals surface area contributed by atoms with Crippen LogP contribution in [0.25, 0.3) is 43.9 Å². The van der Waals surface area contributed by atoms with E-state index in [2.05, 4.69) is 0 Å². The summed E-state index contributed by atoms with van der Waals surface area (Å²) in [4.78, 5) is 26.9. The summed E-state index contributed by atoms with van der Waals surface area (Å²) >= 11 is 0. The molecule has 0 aliphatic rings. The molecule has 34 heavy (non-hydrogen) atoms. The van der Waals surface area contributed by atoms with Gasteiger partial charge in [0.15, 0.2) is 11.2 Å². The van der Waals surface area contributed by atoms with Gasteiger partial charge >= 0.3 is 0 Å². The van der Waals surface area contributed by atoms with Crippen molar-refractivity contribution in [2.24, 2.45) is 0 Å². The number of benzene rings is 3. The third-order valence-electron chi connectivity index (χ3n) is 5.68. The van der Waals surface area contributed by atoms with E-state index in [-0.39, 0.29) is 44.6 Å². The van der Waals surface area contributed by atoms with Gasteiger partial charge in [0.25, 0.3) is 0 Å². The van der Waals surface area contributed by atoms with Crippen LogP contribution in [0.1, 0.15) is 0 Å². The molecule has 0 fully saturated rings. The van der Waals surface area contributed by atoms with Crippen LogP contribution < -0.4 is 29.8 Å². The molecule has 0 amide bonds. The third kappa shape index (κ3) is 2.75. The number of hydrogen-bond donors (Lipinski definition) is 2. The summed E-state index contributed by atoms with van der Waals surface area (Å²) in [6, 6.07) is 5.82. The van der Waals surface area contributed by atoms with E-state index in [1.54, 1.807) is 0 Å². The van der Waals surface area contributed by atoms with E-state index < -0.39 is 33.1 Å². The van der Waals surface area contributed by atoms with Gasteiger partial charge in [-0.3, -0.25) is 9.59 Å². The molecule has 10 nitrogen and oxygen atoms in total. The quantitative estimate of drug-likeness (QED) is 0.298. The van der Waals surface area contributed by atoms with Gasteiger partial charge < -0.3 is 38.0 Å². The summed E-state index contributed by atoms with van der Waals surface area (Å²) in [5.41, 5.74) is -2.09. The first-order chi connectivity index (χ1) is 16.3. The van der Waals surface area contributed by atoms with Crippen molar-refractivity contribution in [3.05, 3.63) is 44.7 Å². The molecule has 2 heterocycles. The highest BCUT2D eigenvalue weighted by atomic mass is 16.5. The van der Waals surface area contributed by atoms with Crippen LogP contribution >= 0.6 is 0 Å². The maximum Gasteiger partial charge on any atom is 0.208 e. The zero-order valence-electron chi connectivity index (χ0n) is 18.5. The summed E-state index contributed by atoms with van der Waals surface area (Å²) in [5.74, 6) is -0.401. The molecule has 10 heteroatoms. The minimum atomic E-state index is -0.716. The van der Waals surface area contributed by atoms with Crippen LogP contribution in [-0.4, -0.2) is 38.7 Å². The smallest absolute Gasteiger partial charge is 0.208 e. The third-order valence-corrected chi connectivity index (χ3v) is 5.68. The standard InChI is InChI=1S/C24H18O10/c1-29-9-5-11(31-3)15-13(7-9)33-23-17(19(15)25)21(27)18-20(26)16-12(32-4)6-10(30-2)8-14(16)34-24(18)22(23)28/h5-8,27-28H,1-4H3. The molecule has 3 aromatic carbocycles. The van der Waals surface area contributed by atoms with Crippen molar-refractivity contribution in [2.45, 2.75) is 0 Å². The SMILES string of the molecule is COc1cc(OC)c2c(=O)c3c(O)c4c(=O)c5c(OC)cc(OC)cc5oc4c(O)c3oc2c1. The van der Waals surface area contributed by atoms with E-state index >= 15 is 0 Å². The predicted octanol–water partition coefficient (Wildman–Crippen LogP) is 3.65. The second-order valence-electron chi connectivity index (χ2n) is 7.37. The lowest BCUT2D eigenvalue weighted by Gasteiger charge is -2.13. The zero-order chi connectivity index (χ0) is 24.3. The fourth-order valence-corrected chi connectivity index (χ4v) is 4.07. The molecule has 2 aromatic heterocycles. The van der Waals surface area contributed by atoms with Gasteiger partial charge in [-0.1, -0.05) is 0 Å². The van der Waals surface area contributed by atoms with Crippen molar-refractivity contribution < 1.29 is 38.0 Å². The Morgan fingerprint density at radius 2 is 1.00 bits per heavy atom. The van der Waals surface area contributed by atoms with Gasteiger partial charge in [0.05, 0.1) is 28.4 Å². The summed E-state index contributed by atoms with van der Waals surface area (Å²) < 4.78 is 32.6. The Hall–Kier alpha value is -4.60. The summed E-state index contributed by atoms with van der Waals surface area (Å²) in [5, 5.41) is 21.3. The van der Waals surface area contributed by atoms with E-state index in [0.29, 0.717) is 11.5 Å². The van der Waals surface area contributed by atoms with E-state index in [4.69, 9.17) is 27.8 Å². The number of rotatable bonds is 4. The number of phenolic OH excluding ortho intramolecular Hbond substituents is 2. The fraction of sp³-hybridized carbons (Fsp3) is 0.167. The maximum atomic E-state index is 13.4. The lowest BCUT2D eigenvalue weighted by Crippen LogP contribution is -2.09. The highest BCUT2D eigenvalue weighted by Gasteiger charge is 2.27. The van der Waals surface area contributed by atoms with Crippen LogP contribution in [0.5, 0.6) is 34.5 Å². The van der Waals surface area contributed by atoms with Crippen molar-refractivity contribution in [1.82, 2.24) is 0 Å². The molecular weight excluding hydrogens is 448 g/mol. The van der Waals surface area contributed by atoms with Gasteiger partial charge in [0.1, 0.15) is 61.5 Å². The van der Waals surface area contributed by atoms with E-state index in [0.717, 1.165) is 0 Å². The topological polar surface area (TPSA) is 138 Å². The molecule has 0 atom stereocenters. The van der Waals surface area contributed by atoms with Crippen molar-refractivity contribution in [1.29, 1.82) is 0 Å².